The molecule has 1 saturated heterocycles. The van der Waals surface area contributed by atoms with Gasteiger partial charge >= 0.3 is 0 Å². The topological polar surface area (TPSA) is 35.5 Å². The number of aliphatic hydroxyl groups excluding tert-OH is 1. The molecule has 0 bridgehead atoms. The molecule has 2 aliphatic rings. The van der Waals surface area contributed by atoms with Crippen molar-refractivity contribution in [3.63, 3.8) is 0 Å². The molecule has 2 N–H and O–H groups in total. The molecule has 110 valence electrons. The van der Waals surface area contributed by atoms with Crippen LogP contribution >= 0.6 is 0 Å². The molecule has 0 aromatic heterocycles. The highest BCUT2D eigenvalue weighted by atomic mass is 16.3. The Kier molecular flexibility index (Phi) is 4.58. The Balaban J connectivity index is 1.56. The molecule has 0 spiro atoms. The first-order valence-electron chi connectivity index (χ1n) is 8.06. The molecule has 0 radical (unpaired) electrons. The highest BCUT2D eigenvalue weighted by Gasteiger charge is 2.24. The lowest BCUT2D eigenvalue weighted by Gasteiger charge is -2.22. The van der Waals surface area contributed by atoms with Crippen LogP contribution in [0.4, 0.5) is 5.69 Å². The molecule has 2 fully saturated rings. The molecule has 2 unspecified atom stereocenters. The molecule has 3 nitrogen and oxygen atoms in total. The van der Waals surface area contributed by atoms with Crippen LogP contribution in [0.15, 0.2) is 24.3 Å². The van der Waals surface area contributed by atoms with Crippen LogP contribution in [0.25, 0.3) is 0 Å². The molecule has 1 aliphatic carbocycles. The number of benzene rings is 1. The van der Waals surface area contributed by atoms with E-state index in [2.05, 4.69) is 34.5 Å². The van der Waals surface area contributed by atoms with E-state index in [1.54, 1.807) is 0 Å². The fourth-order valence-corrected chi connectivity index (χ4v) is 3.57. The highest BCUT2D eigenvalue weighted by molar-refractivity contribution is 5.54. The van der Waals surface area contributed by atoms with Crippen LogP contribution in [-0.2, 0) is 6.54 Å². The number of rotatable bonds is 5. The lowest BCUT2D eigenvalue weighted by Crippen LogP contribution is -2.28. The number of anilines is 1. The number of nitrogens with one attached hydrogen (secondary N) is 1. The second-order valence-corrected chi connectivity index (χ2v) is 6.21. The van der Waals surface area contributed by atoms with E-state index in [0.29, 0.717) is 5.92 Å². The molecule has 20 heavy (non-hydrogen) atoms. The van der Waals surface area contributed by atoms with Crippen molar-refractivity contribution in [3.8, 4) is 0 Å². The SMILES string of the molecule is OC1CCCC1CNCc1ccccc1N1CCCC1. The van der Waals surface area contributed by atoms with Crippen LogP contribution in [0.1, 0.15) is 37.7 Å². The minimum atomic E-state index is -0.0867. The van der Waals surface area contributed by atoms with E-state index in [1.165, 1.54) is 50.0 Å². The van der Waals surface area contributed by atoms with Gasteiger partial charge in [-0.25, -0.2) is 0 Å². The minimum absolute atomic E-state index is 0.0867. The summed E-state index contributed by atoms with van der Waals surface area (Å²) in [7, 11) is 0. The monoisotopic (exact) mass is 274 g/mol. The quantitative estimate of drug-likeness (QED) is 0.866. The molecule has 1 saturated carbocycles. The fourth-order valence-electron chi connectivity index (χ4n) is 3.57. The van der Waals surface area contributed by atoms with E-state index in [9.17, 15) is 5.11 Å². The Hall–Kier alpha value is -1.06. The Morgan fingerprint density at radius 1 is 1.10 bits per heavy atom. The van der Waals surface area contributed by atoms with E-state index in [4.69, 9.17) is 0 Å². The fraction of sp³-hybridized carbons (Fsp3) is 0.647. The van der Waals surface area contributed by atoms with Gasteiger partial charge in [0.05, 0.1) is 6.10 Å². The van der Waals surface area contributed by atoms with Gasteiger partial charge in [-0.3, -0.25) is 0 Å². The van der Waals surface area contributed by atoms with E-state index in [1.807, 2.05) is 0 Å². The highest BCUT2D eigenvalue weighted by Crippen LogP contribution is 2.26. The second-order valence-electron chi connectivity index (χ2n) is 6.21. The summed E-state index contributed by atoms with van der Waals surface area (Å²) in [4.78, 5) is 2.50. The third-order valence-electron chi connectivity index (χ3n) is 4.78. The average molecular weight is 274 g/mol. The van der Waals surface area contributed by atoms with E-state index >= 15 is 0 Å². The van der Waals surface area contributed by atoms with Gasteiger partial charge in [0.1, 0.15) is 0 Å². The Labute approximate surface area is 122 Å². The van der Waals surface area contributed by atoms with Crippen molar-refractivity contribution in [2.24, 2.45) is 5.92 Å². The number of aliphatic hydroxyl groups is 1. The van der Waals surface area contributed by atoms with Crippen LogP contribution in [0.2, 0.25) is 0 Å². The van der Waals surface area contributed by atoms with Crippen molar-refractivity contribution in [1.29, 1.82) is 0 Å². The zero-order chi connectivity index (χ0) is 13.8. The van der Waals surface area contributed by atoms with Gasteiger partial charge in [0.2, 0.25) is 0 Å². The first kappa shape index (κ1) is 13.9. The van der Waals surface area contributed by atoms with Crippen molar-refractivity contribution in [1.82, 2.24) is 5.32 Å². The average Bonchev–Trinajstić information content (AvgIpc) is 3.12. The predicted octanol–water partition coefficient (Wildman–Crippen LogP) is 2.54. The van der Waals surface area contributed by atoms with Crippen molar-refractivity contribution in [2.45, 2.75) is 44.8 Å². The van der Waals surface area contributed by atoms with Crippen molar-refractivity contribution in [3.05, 3.63) is 29.8 Å². The van der Waals surface area contributed by atoms with Crippen molar-refractivity contribution < 1.29 is 5.11 Å². The number of para-hydroxylation sites is 1. The molecule has 1 aromatic carbocycles. The summed E-state index contributed by atoms with van der Waals surface area (Å²) in [5.41, 5.74) is 2.78. The molecule has 1 aliphatic heterocycles. The van der Waals surface area contributed by atoms with Gasteiger partial charge < -0.3 is 15.3 Å². The Morgan fingerprint density at radius 3 is 2.65 bits per heavy atom. The Bertz CT molecular complexity index is 429. The molecular weight excluding hydrogens is 248 g/mol. The zero-order valence-corrected chi connectivity index (χ0v) is 12.2. The first-order chi connectivity index (χ1) is 9.84. The zero-order valence-electron chi connectivity index (χ0n) is 12.2. The van der Waals surface area contributed by atoms with Gasteiger partial charge in [-0.2, -0.15) is 0 Å². The van der Waals surface area contributed by atoms with Gasteiger partial charge in [0.15, 0.2) is 0 Å². The molecule has 0 amide bonds. The van der Waals surface area contributed by atoms with E-state index in [0.717, 1.165) is 19.5 Å². The third-order valence-corrected chi connectivity index (χ3v) is 4.78. The lowest BCUT2D eigenvalue weighted by molar-refractivity contribution is 0.131. The van der Waals surface area contributed by atoms with Crippen LogP contribution in [0.3, 0.4) is 0 Å². The van der Waals surface area contributed by atoms with Gasteiger partial charge in [0.25, 0.3) is 0 Å². The summed E-state index contributed by atoms with van der Waals surface area (Å²) in [5, 5.41) is 13.4. The van der Waals surface area contributed by atoms with Crippen LogP contribution in [0, 0.1) is 5.92 Å². The smallest absolute Gasteiger partial charge is 0.0580 e. The summed E-state index contributed by atoms with van der Waals surface area (Å²) < 4.78 is 0. The molecule has 2 atom stereocenters. The maximum absolute atomic E-state index is 9.87. The van der Waals surface area contributed by atoms with E-state index in [-0.39, 0.29) is 6.10 Å². The summed E-state index contributed by atoms with van der Waals surface area (Å²) in [6, 6.07) is 8.73. The summed E-state index contributed by atoms with van der Waals surface area (Å²) >= 11 is 0. The van der Waals surface area contributed by atoms with Gasteiger partial charge in [-0.15, -0.1) is 0 Å². The maximum atomic E-state index is 9.87. The van der Waals surface area contributed by atoms with Crippen molar-refractivity contribution >= 4 is 5.69 Å². The normalized spacial score (nSPS) is 26.4. The first-order valence-corrected chi connectivity index (χ1v) is 8.06. The Morgan fingerprint density at radius 2 is 1.90 bits per heavy atom. The van der Waals surface area contributed by atoms with E-state index < -0.39 is 0 Å². The largest absolute Gasteiger partial charge is 0.393 e. The summed E-state index contributed by atoms with van der Waals surface area (Å²) in [5.74, 6) is 0.453. The van der Waals surface area contributed by atoms with Crippen LogP contribution in [0.5, 0.6) is 0 Å². The third kappa shape index (κ3) is 3.15. The molecule has 1 aromatic rings. The van der Waals surface area contributed by atoms with Crippen molar-refractivity contribution in [2.75, 3.05) is 24.5 Å². The van der Waals surface area contributed by atoms with Gasteiger partial charge in [-0.1, -0.05) is 24.6 Å². The van der Waals surface area contributed by atoms with Crippen LogP contribution < -0.4 is 10.2 Å². The standard InChI is InChI=1S/C17H26N2O/c20-17-9-5-7-15(17)13-18-12-14-6-1-2-8-16(14)19-10-3-4-11-19/h1-2,6,8,15,17-18,20H,3-5,7,9-13H2. The maximum Gasteiger partial charge on any atom is 0.0580 e. The summed E-state index contributed by atoms with van der Waals surface area (Å²) in [6.45, 7) is 4.24. The summed E-state index contributed by atoms with van der Waals surface area (Å²) in [6.07, 6.45) is 5.87. The number of hydrogen-bond donors (Lipinski definition) is 2. The molecule has 3 heteroatoms. The molecule has 3 rings (SSSR count). The second kappa shape index (κ2) is 6.59. The minimum Gasteiger partial charge on any atom is -0.393 e. The molecule has 1 heterocycles. The molecular formula is C17H26N2O. The number of nitrogens with zero attached hydrogens (tertiary/aromatic N) is 1. The van der Waals surface area contributed by atoms with Gasteiger partial charge in [-0.05, 0) is 43.2 Å². The van der Waals surface area contributed by atoms with Gasteiger partial charge in [0, 0.05) is 31.9 Å². The van der Waals surface area contributed by atoms with Crippen LogP contribution in [-0.4, -0.2) is 30.8 Å². The number of hydrogen-bond acceptors (Lipinski definition) is 3. The predicted molar refractivity (Wildman–Crippen MR) is 82.9 cm³/mol. The lowest BCUT2D eigenvalue weighted by atomic mass is 10.1.